The first-order chi connectivity index (χ1) is 10.6. The molecule has 6 heteroatoms. The van der Waals surface area contributed by atoms with Crippen LogP contribution in [0.25, 0.3) is 0 Å². The number of amides is 1. The molecular formula is C16H16N2O4. The summed E-state index contributed by atoms with van der Waals surface area (Å²) in [5.41, 5.74) is -0.143. The maximum absolute atomic E-state index is 12.4. The molecule has 0 bridgehead atoms. The molecule has 0 aliphatic carbocycles. The number of ether oxygens (including phenoxy) is 2. The SMILES string of the molecule is COc1ccc2c(c1)C(=O)CC1(CCN(C(=O)CC#N)C1)O2. The van der Waals surface area contributed by atoms with Crippen molar-refractivity contribution in [3.8, 4) is 17.6 Å². The number of rotatable bonds is 2. The summed E-state index contributed by atoms with van der Waals surface area (Å²) in [5.74, 6) is 0.932. The zero-order valence-corrected chi connectivity index (χ0v) is 12.3. The summed E-state index contributed by atoms with van der Waals surface area (Å²) in [6.45, 7) is 0.865. The van der Waals surface area contributed by atoms with Crippen LogP contribution >= 0.6 is 0 Å². The molecule has 1 aromatic rings. The number of fused-ring (bicyclic) bond motifs is 1. The Labute approximate surface area is 128 Å². The Hall–Kier alpha value is -2.55. The zero-order valence-electron chi connectivity index (χ0n) is 12.3. The topological polar surface area (TPSA) is 79.6 Å². The molecule has 1 fully saturated rings. The van der Waals surface area contributed by atoms with Gasteiger partial charge in [-0.25, -0.2) is 0 Å². The van der Waals surface area contributed by atoms with Crippen LogP contribution in [0.5, 0.6) is 11.5 Å². The van der Waals surface area contributed by atoms with Crippen molar-refractivity contribution < 1.29 is 19.1 Å². The molecule has 2 aliphatic rings. The van der Waals surface area contributed by atoms with Crippen LogP contribution in [0.3, 0.4) is 0 Å². The summed E-state index contributed by atoms with van der Waals surface area (Å²) in [5, 5.41) is 8.63. The number of benzene rings is 1. The van der Waals surface area contributed by atoms with Crippen LogP contribution in [0.15, 0.2) is 18.2 Å². The molecule has 3 rings (SSSR count). The molecule has 1 unspecified atom stereocenters. The Morgan fingerprint density at radius 2 is 2.36 bits per heavy atom. The van der Waals surface area contributed by atoms with Crippen LogP contribution in [0.4, 0.5) is 0 Å². The minimum Gasteiger partial charge on any atom is -0.497 e. The standard InChI is InChI=1S/C16H16N2O4/c1-21-11-2-3-14-12(8-11)13(19)9-16(22-14)5-7-18(10-16)15(20)4-6-17/h2-3,8H,4-5,7,9-10H2,1H3. The number of nitrogens with zero attached hydrogens (tertiary/aromatic N) is 2. The molecule has 1 aromatic carbocycles. The summed E-state index contributed by atoms with van der Waals surface area (Å²) in [4.78, 5) is 25.9. The van der Waals surface area contributed by atoms with E-state index in [1.54, 1.807) is 30.2 Å². The number of carbonyl (C=O) groups excluding carboxylic acids is 2. The maximum Gasteiger partial charge on any atom is 0.236 e. The van der Waals surface area contributed by atoms with Gasteiger partial charge in [-0.15, -0.1) is 0 Å². The lowest BCUT2D eigenvalue weighted by atomic mass is 9.89. The Balaban J connectivity index is 1.82. The van der Waals surface area contributed by atoms with Crippen molar-refractivity contribution in [3.63, 3.8) is 0 Å². The van der Waals surface area contributed by atoms with E-state index >= 15 is 0 Å². The smallest absolute Gasteiger partial charge is 0.236 e. The highest BCUT2D eigenvalue weighted by atomic mass is 16.5. The second-order valence-electron chi connectivity index (χ2n) is 5.65. The minimum atomic E-state index is -0.663. The van der Waals surface area contributed by atoms with Crippen molar-refractivity contribution in [2.24, 2.45) is 0 Å². The molecular weight excluding hydrogens is 284 g/mol. The molecule has 1 saturated heterocycles. The minimum absolute atomic E-state index is 0.00488. The van der Waals surface area contributed by atoms with Gasteiger partial charge in [-0.1, -0.05) is 0 Å². The lowest BCUT2D eigenvalue weighted by Crippen LogP contribution is -2.45. The van der Waals surface area contributed by atoms with Crippen LogP contribution in [0.1, 0.15) is 29.6 Å². The number of hydrogen-bond donors (Lipinski definition) is 0. The number of Topliss-reactive ketones (excluding diaryl/α,β-unsaturated/α-hetero) is 1. The molecule has 22 heavy (non-hydrogen) atoms. The van der Waals surface area contributed by atoms with Crippen LogP contribution in [0.2, 0.25) is 0 Å². The highest BCUT2D eigenvalue weighted by molar-refractivity contribution is 6.01. The summed E-state index contributed by atoms with van der Waals surface area (Å²) >= 11 is 0. The van der Waals surface area contributed by atoms with Gasteiger partial charge in [0.25, 0.3) is 0 Å². The van der Waals surface area contributed by atoms with Gasteiger partial charge in [-0.2, -0.15) is 5.26 Å². The second-order valence-corrected chi connectivity index (χ2v) is 5.65. The van der Waals surface area contributed by atoms with Gasteiger partial charge in [0.15, 0.2) is 5.78 Å². The number of carbonyl (C=O) groups is 2. The normalized spacial score (nSPS) is 22.9. The molecule has 6 nitrogen and oxygen atoms in total. The average molecular weight is 300 g/mol. The predicted octanol–water partition coefficient (Wildman–Crippen LogP) is 1.55. The number of methoxy groups -OCH3 is 1. The van der Waals surface area contributed by atoms with Gasteiger partial charge in [-0.05, 0) is 18.2 Å². The van der Waals surface area contributed by atoms with Crippen molar-refractivity contribution in [1.29, 1.82) is 5.26 Å². The third-order valence-electron chi connectivity index (χ3n) is 4.20. The van der Waals surface area contributed by atoms with E-state index in [1.807, 2.05) is 6.07 Å². The Morgan fingerprint density at radius 1 is 1.55 bits per heavy atom. The van der Waals surface area contributed by atoms with E-state index < -0.39 is 5.60 Å². The lowest BCUT2D eigenvalue weighted by Gasteiger charge is -2.34. The Kier molecular flexibility index (Phi) is 3.49. The second kappa shape index (κ2) is 5.34. The summed E-state index contributed by atoms with van der Waals surface area (Å²) in [6.07, 6.45) is 0.697. The largest absolute Gasteiger partial charge is 0.497 e. The van der Waals surface area contributed by atoms with E-state index in [1.165, 1.54) is 0 Å². The average Bonchev–Trinajstić information content (AvgIpc) is 2.91. The number of ketones is 1. The monoisotopic (exact) mass is 300 g/mol. The third-order valence-corrected chi connectivity index (χ3v) is 4.20. The van der Waals surface area contributed by atoms with Gasteiger partial charge >= 0.3 is 0 Å². The quantitative estimate of drug-likeness (QED) is 0.828. The lowest BCUT2D eigenvalue weighted by molar-refractivity contribution is -0.129. The van der Waals surface area contributed by atoms with Crippen molar-refractivity contribution in [3.05, 3.63) is 23.8 Å². The first-order valence-electron chi connectivity index (χ1n) is 7.12. The zero-order chi connectivity index (χ0) is 15.7. The molecule has 1 atom stereocenters. The fourth-order valence-electron chi connectivity index (χ4n) is 3.06. The van der Waals surface area contributed by atoms with Crippen molar-refractivity contribution >= 4 is 11.7 Å². The molecule has 0 aromatic heterocycles. The molecule has 2 aliphatic heterocycles. The Morgan fingerprint density at radius 3 is 3.09 bits per heavy atom. The van der Waals surface area contributed by atoms with E-state index in [0.29, 0.717) is 36.6 Å². The van der Waals surface area contributed by atoms with Gasteiger partial charge in [0.05, 0.1) is 31.7 Å². The fourth-order valence-corrected chi connectivity index (χ4v) is 3.06. The maximum atomic E-state index is 12.4. The van der Waals surface area contributed by atoms with Crippen molar-refractivity contribution in [2.75, 3.05) is 20.2 Å². The van der Waals surface area contributed by atoms with Crippen molar-refractivity contribution in [1.82, 2.24) is 4.90 Å². The number of nitriles is 1. The van der Waals surface area contributed by atoms with Gasteiger partial charge in [-0.3, -0.25) is 9.59 Å². The molecule has 0 saturated carbocycles. The van der Waals surface area contributed by atoms with Gasteiger partial charge in [0.2, 0.25) is 5.91 Å². The van der Waals surface area contributed by atoms with Crippen LogP contribution in [-0.4, -0.2) is 42.4 Å². The Bertz CT molecular complexity index is 679. The van der Waals surface area contributed by atoms with E-state index in [2.05, 4.69) is 0 Å². The molecule has 0 radical (unpaired) electrons. The first kappa shape index (κ1) is 14.4. The highest BCUT2D eigenvalue weighted by Crippen LogP contribution is 2.40. The van der Waals surface area contributed by atoms with Crippen molar-refractivity contribution in [2.45, 2.75) is 24.9 Å². The number of likely N-dealkylation sites (tertiary alicyclic amines) is 1. The molecule has 114 valence electrons. The van der Waals surface area contributed by atoms with E-state index in [0.717, 1.165) is 0 Å². The van der Waals surface area contributed by atoms with E-state index in [-0.39, 0.29) is 24.5 Å². The van der Waals surface area contributed by atoms with Gasteiger partial charge in [0, 0.05) is 13.0 Å². The predicted molar refractivity (Wildman–Crippen MR) is 76.7 cm³/mol. The molecule has 1 spiro atoms. The molecule has 0 N–H and O–H groups in total. The van der Waals surface area contributed by atoms with Gasteiger partial charge in [0.1, 0.15) is 23.5 Å². The van der Waals surface area contributed by atoms with Gasteiger partial charge < -0.3 is 14.4 Å². The number of hydrogen-bond acceptors (Lipinski definition) is 5. The summed E-state index contributed by atoms with van der Waals surface area (Å²) < 4.78 is 11.2. The summed E-state index contributed by atoms with van der Waals surface area (Å²) in [6, 6.07) is 7.02. The highest BCUT2D eigenvalue weighted by Gasteiger charge is 2.46. The first-order valence-corrected chi connectivity index (χ1v) is 7.12. The van der Waals surface area contributed by atoms with E-state index in [4.69, 9.17) is 14.7 Å². The molecule has 2 heterocycles. The fraction of sp³-hybridized carbons (Fsp3) is 0.438. The summed E-state index contributed by atoms with van der Waals surface area (Å²) in [7, 11) is 1.55. The molecule has 1 amide bonds. The third kappa shape index (κ3) is 2.39. The van der Waals surface area contributed by atoms with Crippen LogP contribution in [-0.2, 0) is 4.79 Å². The van der Waals surface area contributed by atoms with Crippen LogP contribution in [0, 0.1) is 11.3 Å². The van der Waals surface area contributed by atoms with Crippen LogP contribution < -0.4 is 9.47 Å². The van der Waals surface area contributed by atoms with E-state index in [9.17, 15) is 9.59 Å².